The summed E-state index contributed by atoms with van der Waals surface area (Å²) in [7, 11) is 0. The van der Waals surface area contributed by atoms with Gasteiger partial charge in [0.25, 0.3) is 0 Å². The number of hydrogen-bond donors (Lipinski definition) is 1. The molecule has 0 aliphatic heterocycles. The lowest BCUT2D eigenvalue weighted by molar-refractivity contribution is 0.0700. The fraction of sp³-hybridized carbons (Fsp3) is 0.250. The van der Waals surface area contributed by atoms with Crippen LogP contribution in [0.2, 0.25) is 5.02 Å². The highest BCUT2D eigenvalue weighted by Crippen LogP contribution is 2.33. The van der Waals surface area contributed by atoms with Gasteiger partial charge < -0.3 is 5.11 Å². The van der Waals surface area contributed by atoms with Crippen molar-refractivity contribution in [2.24, 2.45) is 0 Å². The second-order valence-corrected chi connectivity index (χ2v) is 5.43. The van der Waals surface area contributed by atoms with Crippen LogP contribution in [-0.4, -0.2) is 21.0 Å². The van der Waals surface area contributed by atoms with Crippen LogP contribution in [0.1, 0.15) is 35.1 Å². The van der Waals surface area contributed by atoms with Crippen LogP contribution >= 0.6 is 22.9 Å². The first kappa shape index (κ1) is 13.0. The maximum absolute atomic E-state index is 11.2. The fourth-order valence-corrected chi connectivity index (χ4v) is 2.86. The number of nitrogens with zero attached hydrogens (tertiary/aromatic N) is 2. The van der Waals surface area contributed by atoms with Crippen molar-refractivity contribution in [2.45, 2.75) is 19.8 Å². The van der Waals surface area contributed by atoms with Gasteiger partial charge >= 0.3 is 5.97 Å². The molecule has 0 unspecified atom stereocenters. The third-order valence-corrected chi connectivity index (χ3v) is 3.73. The monoisotopic (exact) mass is 282 g/mol. The van der Waals surface area contributed by atoms with E-state index >= 15 is 0 Å². The van der Waals surface area contributed by atoms with Gasteiger partial charge in [-0.1, -0.05) is 25.4 Å². The minimum Gasteiger partial charge on any atom is -0.477 e. The van der Waals surface area contributed by atoms with Gasteiger partial charge in [0.2, 0.25) is 0 Å². The molecule has 6 heteroatoms. The Labute approximate surface area is 113 Å². The van der Waals surface area contributed by atoms with Crippen LogP contribution in [0.5, 0.6) is 0 Å². The zero-order valence-electron chi connectivity index (χ0n) is 9.85. The van der Waals surface area contributed by atoms with Crippen molar-refractivity contribution in [3.05, 3.63) is 33.9 Å². The van der Waals surface area contributed by atoms with E-state index in [1.165, 1.54) is 0 Å². The molecule has 0 radical (unpaired) electrons. The van der Waals surface area contributed by atoms with Crippen LogP contribution in [0.25, 0.3) is 10.7 Å². The normalized spacial score (nSPS) is 10.9. The topological polar surface area (TPSA) is 63.1 Å². The van der Waals surface area contributed by atoms with Gasteiger partial charge in [0.1, 0.15) is 15.6 Å². The molecule has 0 bridgehead atoms. The summed E-state index contributed by atoms with van der Waals surface area (Å²) < 4.78 is 0. The highest BCUT2D eigenvalue weighted by molar-refractivity contribution is 7.17. The molecule has 0 fully saturated rings. The second-order valence-electron chi connectivity index (χ2n) is 4.03. The van der Waals surface area contributed by atoms with Gasteiger partial charge in [-0.25, -0.2) is 9.78 Å². The van der Waals surface area contributed by atoms with E-state index in [0.29, 0.717) is 21.4 Å². The summed E-state index contributed by atoms with van der Waals surface area (Å²) >= 11 is 7.14. The molecule has 1 N–H and O–H groups in total. The smallest absolute Gasteiger partial charge is 0.347 e. The van der Waals surface area contributed by atoms with Crippen LogP contribution in [0.15, 0.2) is 18.3 Å². The quantitative estimate of drug-likeness (QED) is 0.933. The summed E-state index contributed by atoms with van der Waals surface area (Å²) in [5.41, 5.74) is 1.10. The lowest BCUT2D eigenvalue weighted by Crippen LogP contribution is -2.00. The van der Waals surface area contributed by atoms with Crippen molar-refractivity contribution in [3.8, 4) is 10.7 Å². The van der Waals surface area contributed by atoms with Gasteiger partial charge in [-0.05, 0) is 18.1 Å². The van der Waals surface area contributed by atoms with Crippen molar-refractivity contribution in [1.29, 1.82) is 0 Å². The molecule has 2 heterocycles. The fourth-order valence-electron chi connectivity index (χ4n) is 1.52. The van der Waals surface area contributed by atoms with Crippen LogP contribution in [0, 0.1) is 0 Å². The lowest BCUT2D eigenvalue weighted by atomic mass is 10.1. The van der Waals surface area contributed by atoms with Crippen molar-refractivity contribution in [1.82, 2.24) is 9.97 Å². The number of hydrogen-bond acceptors (Lipinski definition) is 4. The Kier molecular flexibility index (Phi) is 3.63. The van der Waals surface area contributed by atoms with E-state index in [0.717, 1.165) is 11.3 Å². The van der Waals surface area contributed by atoms with E-state index in [1.54, 1.807) is 18.3 Å². The number of carboxylic acid groups (broad SMARTS) is 1. The maximum Gasteiger partial charge on any atom is 0.347 e. The van der Waals surface area contributed by atoms with Gasteiger partial charge in [-0.2, -0.15) is 0 Å². The molecule has 0 aliphatic rings. The summed E-state index contributed by atoms with van der Waals surface area (Å²) in [4.78, 5) is 19.9. The molecule has 18 heavy (non-hydrogen) atoms. The number of carboxylic acids is 1. The van der Waals surface area contributed by atoms with Gasteiger partial charge in [-0.3, -0.25) is 4.98 Å². The molecule has 2 rings (SSSR count). The number of halogens is 1. The van der Waals surface area contributed by atoms with Crippen molar-refractivity contribution >= 4 is 28.9 Å². The molecule has 2 aromatic rings. The molecule has 94 valence electrons. The second kappa shape index (κ2) is 5.04. The molecule has 4 nitrogen and oxygen atoms in total. The lowest BCUT2D eigenvalue weighted by Gasteiger charge is -2.00. The Balaban J connectivity index is 2.57. The predicted molar refractivity (Wildman–Crippen MR) is 71.4 cm³/mol. The average Bonchev–Trinajstić information content (AvgIpc) is 2.74. The van der Waals surface area contributed by atoms with Crippen molar-refractivity contribution in [3.63, 3.8) is 0 Å². The van der Waals surface area contributed by atoms with Crippen LogP contribution in [0.3, 0.4) is 0 Å². The first-order valence-electron chi connectivity index (χ1n) is 5.35. The molecule has 0 saturated heterocycles. The molecular weight excluding hydrogens is 272 g/mol. The van der Waals surface area contributed by atoms with Gasteiger partial charge in [-0.15, -0.1) is 11.3 Å². The Hall–Kier alpha value is -1.46. The minimum atomic E-state index is -0.963. The SMILES string of the molecule is CC(C)c1nc(-c2ncccc2Cl)sc1C(=O)O. The van der Waals surface area contributed by atoms with E-state index in [-0.39, 0.29) is 10.8 Å². The van der Waals surface area contributed by atoms with E-state index in [1.807, 2.05) is 13.8 Å². The summed E-state index contributed by atoms with van der Waals surface area (Å²) in [6.07, 6.45) is 1.61. The number of aromatic carboxylic acids is 1. The summed E-state index contributed by atoms with van der Waals surface area (Å²) in [6.45, 7) is 3.82. The summed E-state index contributed by atoms with van der Waals surface area (Å²) in [5.74, 6) is -0.918. The molecule has 0 amide bonds. The first-order chi connectivity index (χ1) is 8.50. The van der Waals surface area contributed by atoms with Crippen LogP contribution < -0.4 is 0 Å². The molecule has 2 aromatic heterocycles. The van der Waals surface area contributed by atoms with Crippen molar-refractivity contribution in [2.75, 3.05) is 0 Å². The largest absolute Gasteiger partial charge is 0.477 e. The molecular formula is C12H11ClN2O2S. The highest BCUT2D eigenvalue weighted by Gasteiger charge is 2.21. The summed E-state index contributed by atoms with van der Waals surface area (Å²) in [5, 5.41) is 10.2. The van der Waals surface area contributed by atoms with Gasteiger partial charge in [0.05, 0.1) is 10.7 Å². The maximum atomic E-state index is 11.2. The predicted octanol–water partition coefficient (Wildman–Crippen LogP) is 3.68. The minimum absolute atomic E-state index is 0.0450. The van der Waals surface area contributed by atoms with E-state index < -0.39 is 5.97 Å². The third-order valence-electron chi connectivity index (χ3n) is 2.36. The summed E-state index contributed by atoms with van der Waals surface area (Å²) in [6, 6.07) is 3.43. The standard InChI is InChI=1S/C12H11ClN2O2S/c1-6(2)8-10(12(16)17)18-11(15-8)9-7(13)4-3-5-14-9/h3-6H,1-2H3,(H,16,17). The zero-order valence-corrected chi connectivity index (χ0v) is 11.4. The first-order valence-corrected chi connectivity index (χ1v) is 6.55. The van der Waals surface area contributed by atoms with E-state index in [2.05, 4.69) is 9.97 Å². The number of thiazole rings is 1. The Morgan fingerprint density at radius 3 is 2.72 bits per heavy atom. The Morgan fingerprint density at radius 1 is 1.50 bits per heavy atom. The molecule has 0 saturated carbocycles. The van der Waals surface area contributed by atoms with Gasteiger partial charge in [0.15, 0.2) is 0 Å². The molecule has 0 aromatic carbocycles. The Bertz CT molecular complexity index is 596. The number of rotatable bonds is 3. The van der Waals surface area contributed by atoms with Crippen LogP contribution in [0.4, 0.5) is 0 Å². The number of carbonyl (C=O) groups is 1. The van der Waals surface area contributed by atoms with Crippen LogP contribution in [-0.2, 0) is 0 Å². The van der Waals surface area contributed by atoms with E-state index in [4.69, 9.17) is 16.7 Å². The van der Waals surface area contributed by atoms with Crippen molar-refractivity contribution < 1.29 is 9.90 Å². The van der Waals surface area contributed by atoms with Gasteiger partial charge in [0, 0.05) is 6.20 Å². The average molecular weight is 283 g/mol. The highest BCUT2D eigenvalue weighted by atomic mass is 35.5. The number of aromatic nitrogens is 2. The third kappa shape index (κ3) is 2.37. The molecule has 0 aliphatic carbocycles. The Morgan fingerprint density at radius 2 is 2.22 bits per heavy atom. The molecule has 0 spiro atoms. The number of pyridine rings is 1. The zero-order chi connectivity index (χ0) is 13.3. The van der Waals surface area contributed by atoms with E-state index in [9.17, 15) is 4.79 Å². The molecule has 0 atom stereocenters.